The zero-order valence-electron chi connectivity index (χ0n) is 12.4. The van der Waals surface area contributed by atoms with Gasteiger partial charge in [-0.05, 0) is 48.0 Å². The summed E-state index contributed by atoms with van der Waals surface area (Å²) in [6, 6.07) is 9.87. The topological polar surface area (TPSA) is 66.5 Å². The van der Waals surface area contributed by atoms with Gasteiger partial charge in [-0.25, -0.2) is 9.69 Å². The number of imide groups is 2. The van der Waals surface area contributed by atoms with Crippen LogP contribution < -0.4 is 10.2 Å². The maximum absolute atomic E-state index is 12.7. The van der Waals surface area contributed by atoms with Crippen molar-refractivity contribution >= 4 is 64.4 Å². The van der Waals surface area contributed by atoms with Crippen LogP contribution in [-0.2, 0) is 9.59 Å². The minimum absolute atomic E-state index is 0.223. The smallest absolute Gasteiger partial charge is 0.273 e. The number of amides is 4. The molecule has 0 radical (unpaired) electrons. The highest BCUT2D eigenvalue weighted by Crippen LogP contribution is 2.26. The fourth-order valence-corrected chi connectivity index (χ4v) is 2.85. The molecule has 126 valence electrons. The number of urea groups is 1. The van der Waals surface area contributed by atoms with Crippen molar-refractivity contribution in [2.75, 3.05) is 4.90 Å². The fourth-order valence-electron chi connectivity index (χ4n) is 2.26. The molecule has 0 aliphatic carbocycles. The first-order valence-electron chi connectivity index (χ1n) is 6.99. The van der Waals surface area contributed by atoms with Crippen LogP contribution in [0.3, 0.4) is 0 Å². The van der Waals surface area contributed by atoms with Gasteiger partial charge in [0.1, 0.15) is 5.57 Å². The molecule has 5 nitrogen and oxygen atoms in total. The summed E-state index contributed by atoms with van der Waals surface area (Å²) in [5.41, 5.74) is 0.487. The van der Waals surface area contributed by atoms with Crippen molar-refractivity contribution in [2.45, 2.75) is 0 Å². The predicted octanol–water partition coefficient (Wildman–Crippen LogP) is 4.31. The Morgan fingerprint density at radius 3 is 2.16 bits per heavy atom. The molecule has 0 unspecified atom stereocenters. The first-order valence-corrected chi connectivity index (χ1v) is 8.12. The molecule has 0 atom stereocenters. The molecule has 2 aromatic carbocycles. The van der Waals surface area contributed by atoms with Crippen molar-refractivity contribution in [3.8, 4) is 0 Å². The Hall–Kier alpha value is -2.34. The summed E-state index contributed by atoms with van der Waals surface area (Å²) in [6.45, 7) is 0. The lowest BCUT2D eigenvalue weighted by Gasteiger charge is -2.26. The van der Waals surface area contributed by atoms with Gasteiger partial charge in [0.05, 0.1) is 5.69 Å². The van der Waals surface area contributed by atoms with Gasteiger partial charge in [-0.1, -0.05) is 40.9 Å². The third kappa shape index (κ3) is 3.54. The van der Waals surface area contributed by atoms with E-state index in [4.69, 9.17) is 34.8 Å². The number of rotatable bonds is 2. The predicted molar refractivity (Wildman–Crippen MR) is 96.9 cm³/mol. The quantitative estimate of drug-likeness (QED) is 0.608. The first-order chi connectivity index (χ1) is 11.9. The maximum atomic E-state index is 12.7. The van der Waals surface area contributed by atoms with Crippen LogP contribution in [0.15, 0.2) is 48.0 Å². The number of benzene rings is 2. The lowest BCUT2D eigenvalue weighted by Crippen LogP contribution is -2.54. The van der Waals surface area contributed by atoms with Crippen molar-refractivity contribution in [3.63, 3.8) is 0 Å². The Labute approximate surface area is 157 Å². The van der Waals surface area contributed by atoms with E-state index in [0.717, 1.165) is 4.90 Å². The lowest BCUT2D eigenvalue weighted by molar-refractivity contribution is -0.122. The molecule has 1 N–H and O–H groups in total. The molecule has 3 rings (SSSR count). The van der Waals surface area contributed by atoms with Crippen molar-refractivity contribution in [1.82, 2.24) is 5.32 Å². The molecule has 1 heterocycles. The van der Waals surface area contributed by atoms with E-state index in [0.29, 0.717) is 15.6 Å². The molecular weight excluding hydrogens is 387 g/mol. The molecule has 4 amide bonds. The summed E-state index contributed by atoms with van der Waals surface area (Å²) < 4.78 is 0. The van der Waals surface area contributed by atoms with Crippen molar-refractivity contribution in [1.29, 1.82) is 0 Å². The van der Waals surface area contributed by atoms with Crippen molar-refractivity contribution in [3.05, 3.63) is 68.7 Å². The molecule has 1 aliphatic rings. The Morgan fingerprint density at radius 2 is 1.52 bits per heavy atom. The van der Waals surface area contributed by atoms with E-state index in [2.05, 4.69) is 5.32 Å². The summed E-state index contributed by atoms with van der Waals surface area (Å²) in [5, 5.41) is 3.28. The largest absolute Gasteiger partial charge is 0.335 e. The third-order valence-electron chi connectivity index (χ3n) is 3.45. The molecule has 0 bridgehead atoms. The van der Waals surface area contributed by atoms with Gasteiger partial charge < -0.3 is 0 Å². The molecule has 1 aliphatic heterocycles. The van der Waals surface area contributed by atoms with Gasteiger partial charge in [-0.2, -0.15) is 0 Å². The molecule has 1 saturated heterocycles. The summed E-state index contributed by atoms with van der Waals surface area (Å²) in [4.78, 5) is 37.7. The van der Waals surface area contributed by atoms with Gasteiger partial charge in [0.2, 0.25) is 0 Å². The van der Waals surface area contributed by atoms with Crippen LogP contribution in [0.2, 0.25) is 15.1 Å². The van der Waals surface area contributed by atoms with Crippen LogP contribution in [0.1, 0.15) is 5.56 Å². The first kappa shape index (κ1) is 17.5. The zero-order chi connectivity index (χ0) is 18.1. The number of hydrogen-bond donors (Lipinski definition) is 1. The van der Waals surface area contributed by atoms with Gasteiger partial charge in [-0.15, -0.1) is 0 Å². The number of nitrogens with zero attached hydrogens (tertiary/aromatic N) is 1. The number of anilines is 1. The molecule has 8 heteroatoms. The Morgan fingerprint density at radius 1 is 0.880 bits per heavy atom. The van der Waals surface area contributed by atoms with Gasteiger partial charge in [-0.3, -0.25) is 14.9 Å². The maximum Gasteiger partial charge on any atom is 0.335 e. The molecular formula is C17H9Cl3N2O3. The second-order valence-corrected chi connectivity index (χ2v) is 6.38. The van der Waals surface area contributed by atoms with Gasteiger partial charge in [0.15, 0.2) is 0 Å². The number of halogens is 3. The average Bonchev–Trinajstić information content (AvgIpc) is 2.55. The second-order valence-electron chi connectivity index (χ2n) is 5.10. The SMILES string of the molecule is O=C1NC(=O)N(c2ccc(Cl)cc2)C(=O)/C1=C/c1ccc(Cl)cc1Cl. The number of hydrogen-bond acceptors (Lipinski definition) is 3. The minimum Gasteiger partial charge on any atom is -0.273 e. The van der Waals surface area contributed by atoms with E-state index < -0.39 is 17.8 Å². The molecule has 0 aromatic heterocycles. The van der Waals surface area contributed by atoms with Crippen LogP contribution >= 0.6 is 34.8 Å². The highest BCUT2D eigenvalue weighted by Gasteiger charge is 2.36. The summed E-state index contributed by atoms with van der Waals surface area (Å²) in [7, 11) is 0. The molecule has 0 spiro atoms. The minimum atomic E-state index is -0.836. The molecule has 25 heavy (non-hydrogen) atoms. The lowest BCUT2D eigenvalue weighted by atomic mass is 10.1. The van der Waals surface area contributed by atoms with Crippen molar-refractivity contribution in [2.24, 2.45) is 0 Å². The van der Waals surface area contributed by atoms with Gasteiger partial charge >= 0.3 is 6.03 Å². The normalized spacial score (nSPS) is 16.4. The van der Waals surface area contributed by atoms with Crippen LogP contribution in [0, 0.1) is 0 Å². The van der Waals surface area contributed by atoms with Crippen LogP contribution in [0.4, 0.5) is 10.5 Å². The summed E-state index contributed by atoms with van der Waals surface area (Å²) in [5.74, 6) is -1.56. The van der Waals surface area contributed by atoms with Gasteiger partial charge in [0, 0.05) is 15.1 Å². The highest BCUT2D eigenvalue weighted by molar-refractivity contribution is 6.40. The third-order valence-corrected chi connectivity index (χ3v) is 4.26. The molecule has 1 fully saturated rings. The number of carbonyl (C=O) groups is 3. The fraction of sp³-hybridized carbons (Fsp3) is 0. The van der Waals surface area contributed by atoms with E-state index >= 15 is 0 Å². The Balaban J connectivity index is 2.03. The van der Waals surface area contributed by atoms with Crippen LogP contribution in [0.5, 0.6) is 0 Å². The molecule has 2 aromatic rings. The second kappa shape index (κ2) is 6.88. The van der Waals surface area contributed by atoms with Crippen LogP contribution in [-0.4, -0.2) is 17.8 Å². The molecule has 0 saturated carbocycles. The summed E-state index contributed by atoms with van der Waals surface area (Å²) in [6.07, 6.45) is 1.31. The van der Waals surface area contributed by atoms with E-state index in [1.165, 1.54) is 36.4 Å². The van der Waals surface area contributed by atoms with Crippen molar-refractivity contribution < 1.29 is 14.4 Å². The van der Waals surface area contributed by atoms with Crippen LogP contribution in [0.25, 0.3) is 6.08 Å². The monoisotopic (exact) mass is 394 g/mol. The number of carbonyl (C=O) groups excluding carboxylic acids is 3. The Bertz CT molecular complexity index is 923. The standard InChI is InChI=1S/C17H9Cl3N2O3/c18-10-3-5-12(6-4-10)22-16(24)13(15(23)21-17(22)25)7-9-1-2-11(19)8-14(9)20/h1-8H,(H,21,23,25)/b13-7+. The zero-order valence-corrected chi connectivity index (χ0v) is 14.7. The van der Waals surface area contributed by atoms with Gasteiger partial charge in [0.25, 0.3) is 11.8 Å². The van der Waals surface area contributed by atoms with E-state index in [1.54, 1.807) is 12.1 Å². The van der Waals surface area contributed by atoms with E-state index in [9.17, 15) is 14.4 Å². The summed E-state index contributed by atoms with van der Waals surface area (Å²) >= 11 is 17.7. The average molecular weight is 396 g/mol. The Kier molecular flexibility index (Phi) is 4.81. The van der Waals surface area contributed by atoms with E-state index in [1.807, 2.05) is 0 Å². The number of nitrogens with one attached hydrogen (secondary N) is 1. The highest BCUT2D eigenvalue weighted by atomic mass is 35.5. The van der Waals surface area contributed by atoms with E-state index in [-0.39, 0.29) is 16.3 Å². The number of barbiturate groups is 1.